The molecule has 2 aromatic carbocycles. The molecule has 0 spiro atoms. The fourth-order valence-electron chi connectivity index (χ4n) is 3.11. The number of benzene rings is 2. The maximum absolute atomic E-state index is 14.3. The molecule has 2 heterocycles. The van der Waals surface area contributed by atoms with E-state index in [1.165, 1.54) is 24.3 Å². The summed E-state index contributed by atoms with van der Waals surface area (Å²) in [6.45, 7) is 0. The van der Waals surface area contributed by atoms with Gasteiger partial charge in [0.2, 0.25) is 0 Å². The maximum Gasteiger partial charge on any atom is 0.159 e. The minimum Gasteiger partial charge on any atom is -0.307 e. The van der Waals surface area contributed by atoms with Crippen molar-refractivity contribution in [3.63, 3.8) is 0 Å². The van der Waals surface area contributed by atoms with Crippen LogP contribution in [0, 0.1) is 28.5 Å². The summed E-state index contributed by atoms with van der Waals surface area (Å²) < 4.78 is 17.6. The summed E-state index contributed by atoms with van der Waals surface area (Å²) in [5.74, 6) is -0.0913. The van der Waals surface area contributed by atoms with Crippen molar-refractivity contribution < 1.29 is 4.39 Å². The zero-order valence-corrected chi connectivity index (χ0v) is 16.3. The number of hydrogen-bond acceptors (Lipinski definition) is 3. The molecule has 7 heteroatoms. The van der Waals surface area contributed by atoms with Crippen LogP contribution in [0.4, 0.5) is 4.39 Å². The zero-order chi connectivity index (χ0) is 21.1. The second kappa shape index (κ2) is 8.08. The minimum atomic E-state index is -0.568. The number of rotatable bonds is 4. The van der Waals surface area contributed by atoms with E-state index in [-0.39, 0.29) is 27.4 Å². The summed E-state index contributed by atoms with van der Waals surface area (Å²) >= 11 is 6.12. The first-order valence-electron chi connectivity index (χ1n) is 8.92. The predicted octanol–water partition coefficient (Wildman–Crippen LogP) is 5.39. The highest BCUT2D eigenvalue weighted by molar-refractivity contribution is 6.32. The monoisotopic (exact) mass is 413 g/mol. The molecule has 0 aliphatic carbocycles. The van der Waals surface area contributed by atoms with Gasteiger partial charge < -0.3 is 4.57 Å². The fourth-order valence-corrected chi connectivity index (χ4v) is 3.33. The van der Waals surface area contributed by atoms with Crippen LogP contribution in [0.25, 0.3) is 23.2 Å². The van der Waals surface area contributed by atoms with Crippen LogP contribution in [0.2, 0.25) is 5.02 Å². The van der Waals surface area contributed by atoms with Crippen LogP contribution >= 0.6 is 11.6 Å². The van der Waals surface area contributed by atoms with E-state index in [4.69, 9.17) is 11.6 Å². The molecular formula is C23H13ClFN5. The van der Waals surface area contributed by atoms with E-state index in [9.17, 15) is 14.9 Å². The third kappa shape index (κ3) is 3.37. The van der Waals surface area contributed by atoms with Gasteiger partial charge >= 0.3 is 0 Å². The Hall–Kier alpha value is -4.13. The Bertz CT molecular complexity index is 1300. The van der Waals surface area contributed by atoms with Gasteiger partial charge in [0, 0.05) is 18.0 Å². The van der Waals surface area contributed by atoms with Crippen LogP contribution < -0.4 is 0 Å². The Morgan fingerprint density at radius 1 is 1.00 bits per heavy atom. The van der Waals surface area contributed by atoms with Gasteiger partial charge in [-0.05, 0) is 42.5 Å². The number of aromatic nitrogens is 3. The molecule has 2 aromatic heterocycles. The molecule has 0 atom stereocenters. The van der Waals surface area contributed by atoms with Crippen LogP contribution in [0.3, 0.4) is 0 Å². The molecule has 30 heavy (non-hydrogen) atoms. The second-order valence-corrected chi connectivity index (χ2v) is 6.71. The van der Waals surface area contributed by atoms with Crippen molar-refractivity contribution in [2.75, 3.05) is 0 Å². The number of hydrogen-bond donors (Lipinski definition) is 0. The SMILES string of the molecule is N#C/C(=C\c1c(F)cccc1Cl)c1nn(-c2ccccc2)c(-n2cccc2)c1C#N. The quantitative estimate of drug-likeness (QED) is 0.421. The van der Waals surface area contributed by atoms with Crippen LogP contribution in [0.15, 0.2) is 73.1 Å². The molecule has 0 fully saturated rings. The van der Waals surface area contributed by atoms with Gasteiger partial charge in [-0.25, -0.2) is 9.07 Å². The highest BCUT2D eigenvalue weighted by atomic mass is 35.5. The third-order valence-corrected chi connectivity index (χ3v) is 4.82. The van der Waals surface area contributed by atoms with E-state index in [0.29, 0.717) is 11.5 Å². The molecule has 0 saturated carbocycles. The van der Waals surface area contributed by atoms with Crippen molar-refractivity contribution in [2.24, 2.45) is 0 Å². The van der Waals surface area contributed by atoms with E-state index in [0.717, 1.165) is 0 Å². The van der Waals surface area contributed by atoms with Crippen LogP contribution in [-0.2, 0) is 0 Å². The van der Waals surface area contributed by atoms with E-state index < -0.39 is 5.82 Å². The summed E-state index contributed by atoms with van der Waals surface area (Å²) in [7, 11) is 0. The van der Waals surface area contributed by atoms with Gasteiger partial charge in [-0.15, -0.1) is 0 Å². The highest BCUT2D eigenvalue weighted by Crippen LogP contribution is 2.30. The van der Waals surface area contributed by atoms with Gasteiger partial charge in [-0.2, -0.15) is 15.6 Å². The van der Waals surface area contributed by atoms with Crippen LogP contribution in [0.5, 0.6) is 0 Å². The third-order valence-electron chi connectivity index (χ3n) is 4.49. The predicted molar refractivity (Wildman–Crippen MR) is 112 cm³/mol. The molecule has 0 aliphatic heterocycles. The minimum absolute atomic E-state index is 0.0293. The number of nitriles is 2. The maximum atomic E-state index is 14.3. The molecule has 0 saturated heterocycles. The molecule has 5 nitrogen and oxygen atoms in total. The topological polar surface area (TPSA) is 70.3 Å². The average Bonchev–Trinajstić information content (AvgIpc) is 3.42. The molecule has 0 N–H and O–H groups in total. The lowest BCUT2D eigenvalue weighted by Gasteiger charge is -2.08. The summed E-state index contributed by atoms with van der Waals surface area (Å²) in [5.41, 5.74) is 1.14. The standard InChI is InChI=1S/C23H13ClFN5/c24-20-9-6-10-21(25)18(20)13-16(14-26)22-19(15-27)23(29-11-4-5-12-29)30(28-22)17-7-2-1-3-8-17/h1-13H/b16-13+. The molecule has 0 bridgehead atoms. The number of nitrogens with zero attached hydrogens (tertiary/aromatic N) is 5. The largest absolute Gasteiger partial charge is 0.307 e. The zero-order valence-electron chi connectivity index (χ0n) is 15.5. The van der Waals surface area contributed by atoms with Crippen molar-refractivity contribution in [1.29, 1.82) is 10.5 Å². The van der Waals surface area contributed by atoms with E-state index in [1.807, 2.05) is 48.5 Å². The van der Waals surface area contributed by atoms with Crippen molar-refractivity contribution in [3.8, 4) is 23.6 Å². The Kier molecular flexibility index (Phi) is 5.17. The van der Waals surface area contributed by atoms with Crippen molar-refractivity contribution in [1.82, 2.24) is 14.3 Å². The second-order valence-electron chi connectivity index (χ2n) is 6.30. The highest BCUT2D eigenvalue weighted by Gasteiger charge is 2.23. The van der Waals surface area contributed by atoms with E-state index >= 15 is 0 Å². The summed E-state index contributed by atoms with van der Waals surface area (Å²) in [5, 5.41) is 24.4. The molecular weight excluding hydrogens is 401 g/mol. The molecule has 4 aromatic rings. The summed E-state index contributed by atoms with van der Waals surface area (Å²) in [6.07, 6.45) is 4.88. The van der Waals surface area contributed by atoms with Gasteiger partial charge in [0.25, 0.3) is 0 Å². The lowest BCUT2D eigenvalue weighted by atomic mass is 10.1. The first-order chi connectivity index (χ1) is 14.6. The van der Waals surface area contributed by atoms with Crippen LogP contribution in [-0.4, -0.2) is 14.3 Å². The Labute approximate surface area is 177 Å². The van der Waals surface area contributed by atoms with E-state index in [2.05, 4.69) is 11.2 Å². The number of para-hydroxylation sites is 1. The smallest absolute Gasteiger partial charge is 0.159 e. The number of allylic oxidation sites excluding steroid dienone is 1. The Morgan fingerprint density at radius 3 is 2.37 bits per heavy atom. The van der Waals surface area contributed by atoms with Gasteiger partial charge in [0.15, 0.2) is 5.82 Å². The molecule has 4 rings (SSSR count). The molecule has 0 unspecified atom stereocenters. The Balaban J connectivity index is 2.00. The van der Waals surface area contributed by atoms with Crippen molar-refractivity contribution in [2.45, 2.75) is 0 Å². The summed E-state index contributed by atoms with van der Waals surface area (Å²) in [6, 6.07) is 21.4. The fraction of sp³-hybridized carbons (Fsp3) is 0. The molecule has 0 amide bonds. The molecule has 0 aliphatic rings. The molecule has 0 radical (unpaired) electrons. The van der Waals surface area contributed by atoms with Crippen molar-refractivity contribution in [3.05, 3.63) is 101 Å². The normalized spacial score (nSPS) is 11.1. The van der Waals surface area contributed by atoms with Crippen LogP contribution in [0.1, 0.15) is 16.8 Å². The van der Waals surface area contributed by atoms with Gasteiger partial charge in [0.05, 0.1) is 16.3 Å². The number of halogens is 2. The van der Waals surface area contributed by atoms with E-state index in [1.54, 1.807) is 21.6 Å². The summed E-state index contributed by atoms with van der Waals surface area (Å²) in [4.78, 5) is 0. The molecule has 144 valence electrons. The lowest BCUT2D eigenvalue weighted by Crippen LogP contribution is -2.04. The first kappa shape index (κ1) is 19.2. The van der Waals surface area contributed by atoms with Gasteiger partial charge in [-0.1, -0.05) is 35.9 Å². The Morgan fingerprint density at radius 2 is 1.73 bits per heavy atom. The first-order valence-corrected chi connectivity index (χ1v) is 9.30. The van der Waals surface area contributed by atoms with Crippen molar-refractivity contribution >= 4 is 23.3 Å². The lowest BCUT2D eigenvalue weighted by molar-refractivity contribution is 0.625. The average molecular weight is 414 g/mol. The van der Waals surface area contributed by atoms with Gasteiger partial charge in [-0.3, -0.25) is 0 Å². The van der Waals surface area contributed by atoms with Gasteiger partial charge in [0.1, 0.15) is 29.2 Å².